The fraction of sp³-hybridized carbons (Fsp3) is 0.786. The Bertz CT molecular complexity index is 380. The van der Waals surface area contributed by atoms with Crippen LogP contribution >= 0.6 is 0 Å². The van der Waals surface area contributed by atoms with Crippen LogP contribution < -0.4 is 10.6 Å². The SMILES string of the molecule is COCCC1(CNC(=O)NC(=O)CCCCC(=O)O)CC1. The first-order valence-corrected chi connectivity index (χ1v) is 7.26. The van der Waals surface area contributed by atoms with Crippen molar-refractivity contribution < 1.29 is 24.2 Å². The molecule has 7 heteroatoms. The molecule has 3 N–H and O–H groups in total. The highest BCUT2D eigenvalue weighted by Gasteiger charge is 2.42. The Kier molecular flexibility index (Phi) is 7.14. The van der Waals surface area contributed by atoms with Gasteiger partial charge in [-0.1, -0.05) is 0 Å². The number of carboxylic acid groups (broad SMARTS) is 1. The van der Waals surface area contributed by atoms with Gasteiger partial charge >= 0.3 is 12.0 Å². The van der Waals surface area contributed by atoms with E-state index in [9.17, 15) is 14.4 Å². The highest BCUT2D eigenvalue weighted by molar-refractivity contribution is 5.94. The molecule has 1 aliphatic carbocycles. The standard InChI is InChI=1S/C14H24N2O5/c1-21-9-8-14(6-7-14)10-15-13(20)16-11(17)4-2-3-5-12(18)19/h2-10H2,1H3,(H,18,19)(H2,15,16,17,20). The topological polar surface area (TPSA) is 105 Å². The summed E-state index contributed by atoms with van der Waals surface area (Å²) in [4.78, 5) is 33.4. The maximum Gasteiger partial charge on any atom is 0.321 e. The lowest BCUT2D eigenvalue weighted by molar-refractivity contribution is -0.137. The summed E-state index contributed by atoms with van der Waals surface area (Å²) in [7, 11) is 1.65. The molecule has 1 saturated carbocycles. The second kappa shape index (κ2) is 8.61. The molecule has 1 aliphatic rings. The molecule has 0 aromatic carbocycles. The normalized spacial score (nSPS) is 15.3. The van der Waals surface area contributed by atoms with E-state index in [4.69, 9.17) is 9.84 Å². The first kappa shape index (κ1) is 17.4. The number of carbonyl (C=O) groups excluding carboxylic acids is 2. The number of carbonyl (C=O) groups is 3. The number of imide groups is 1. The minimum atomic E-state index is -0.876. The van der Waals surface area contributed by atoms with Crippen LogP contribution in [0.1, 0.15) is 44.9 Å². The van der Waals surface area contributed by atoms with E-state index in [0.29, 0.717) is 26.0 Å². The Hall–Kier alpha value is -1.63. The molecule has 21 heavy (non-hydrogen) atoms. The maximum atomic E-state index is 11.6. The van der Waals surface area contributed by atoms with Crippen LogP contribution in [0.5, 0.6) is 0 Å². The van der Waals surface area contributed by atoms with E-state index in [1.54, 1.807) is 7.11 Å². The molecule has 120 valence electrons. The number of unbranched alkanes of at least 4 members (excludes halogenated alkanes) is 1. The fourth-order valence-corrected chi connectivity index (χ4v) is 2.07. The van der Waals surface area contributed by atoms with Crippen molar-refractivity contribution in [1.29, 1.82) is 0 Å². The molecular weight excluding hydrogens is 276 g/mol. The van der Waals surface area contributed by atoms with Gasteiger partial charge in [0.1, 0.15) is 0 Å². The van der Waals surface area contributed by atoms with Gasteiger partial charge in [0.05, 0.1) is 0 Å². The zero-order valence-corrected chi connectivity index (χ0v) is 12.4. The predicted octanol–water partition coefficient (Wildman–Crippen LogP) is 1.27. The number of rotatable bonds is 10. The van der Waals surface area contributed by atoms with E-state index in [1.807, 2.05) is 0 Å². The lowest BCUT2D eigenvalue weighted by atomic mass is 10.0. The van der Waals surface area contributed by atoms with E-state index in [2.05, 4.69) is 10.6 Å². The molecule has 0 saturated heterocycles. The van der Waals surface area contributed by atoms with Crippen molar-refractivity contribution in [3.05, 3.63) is 0 Å². The number of carboxylic acids is 1. The Morgan fingerprint density at radius 3 is 2.43 bits per heavy atom. The molecule has 3 amide bonds. The lowest BCUT2D eigenvalue weighted by Gasteiger charge is -2.15. The van der Waals surface area contributed by atoms with Crippen LogP contribution in [0.3, 0.4) is 0 Å². The van der Waals surface area contributed by atoms with Gasteiger partial charge in [-0.2, -0.15) is 0 Å². The van der Waals surface area contributed by atoms with Gasteiger partial charge in [0, 0.05) is 33.1 Å². The maximum absolute atomic E-state index is 11.6. The minimum absolute atomic E-state index is 0.0432. The highest BCUT2D eigenvalue weighted by Crippen LogP contribution is 2.48. The summed E-state index contributed by atoms with van der Waals surface area (Å²) >= 11 is 0. The van der Waals surface area contributed by atoms with Crippen molar-refractivity contribution in [3.63, 3.8) is 0 Å². The summed E-state index contributed by atoms with van der Waals surface area (Å²) < 4.78 is 5.04. The third-order valence-electron chi connectivity index (χ3n) is 3.71. The third-order valence-corrected chi connectivity index (χ3v) is 3.71. The van der Waals surface area contributed by atoms with E-state index in [0.717, 1.165) is 19.3 Å². The summed E-state index contributed by atoms with van der Waals surface area (Å²) in [6.07, 6.45) is 4.15. The average molecular weight is 300 g/mol. The van der Waals surface area contributed by atoms with Crippen molar-refractivity contribution in [3.8, 4) is 0 Å². The number of hydrogen-bond donors (Lipinski definition) is 3. The number of ether oxygens (including phenoxy) is 1. The first-order chi connectivity index (χ1) is 9.97. The summed E-state index contributed by atoms with van der Waals surface area (Å²) in [5.74, 6) is -1.25. The summed E-state index contributed by atoms with van der Waals surface area (Å²) in [6.45, 7) is 1.22. The predicted molar refractivity (Wildman–Crippen MR) is 75.8 cm³/mol. The quantitative estimate of drug-likeness (QED) is 0.527. The summed E-state index contributed by atoms with van der Waals surface area (Å²) in [6, 6.07) is -0.484. The Morgan fingerprint density at radius 2 is 1.86 bits per heavy atom. The number of methoxy groups -OCH3 is 1. The van der Waals surface area contributed by atoms with Crippen LogP contribution in [0.4, 0.5) is 4.79 Å². The van der Waals surface area contributed by atoms with Gasteiger partial charge in [-0.25, -0.2) is 4.79 Å². The number of urea groups is 1. The molecular formula is C14H24N2O5. The molecule has 0 heterocycles. The number of amides is 3. The van der Waals surface area contributed by atoms with E-state index in [1.165, 1.54) is 0 Å². The van der Waals surface area contributed by atoms with Crippen molar-refractivity contribution in [2.75, 3.05) is 20.3 Å². The van der Waals surface area contributed by atoms with Crippen LogP contribution in [0, 0.1) is 5.41 Å². The van der Waals surface area contributed by atoms with Crippen LogP contribution in [-0.2, 0) is 14.3 Å². The van der Waals surface area contributed by atoms with Crippen LogP contribution in [0.15, 0.2) is 0 Å². The van der Waals surface area contributed by atoms with E-state index < -0.39 is 12.0 Å². The van der Waals surface area contributed by atoms with Gasteiger partial charge in [0.2, 0.25) is 5.91 Å². The summed E-state index contributed by atoms with van der Waals surface area (Å²) in [5.41, 5.74) is 0.137. The lowest BCUT2D eigenvalue weighted by Crippen LogP contribution is -2.41. The van der Waals surface area contributed by atoms with Crippen LogP contribution in [-0.4, -0.2) is 43.3 Å². The molecule has 0 aliphatic heterocycles. The molecule has 0 unspecified atom stereocenters. The van der Waals surface area contributed by atoms with Crippen molar-refractivity contribution in [1.82, 2.24) is 10.6 Å². The molecule has 7 nitrogen and oxygen atoms in total. The van der Waals surface area contributed by atoms with Crippen molar-refractivity contribution in [2.24, 2.45) is 5.41 Å². The monoisotopic (exact) mass is 300 g/mol. The number of aliphatic carboxylic acids is 1. The Labute approximate surface area is 124 Å². The minimum Gasteiger partial charge on any atom is -0.481 e. The highest BCUT2D eigenvalue weighted by atomic mass is 16.5. The smallest absolute Gasteiger partial charge is 0.321 e. The zero-order valence-electron chi connectivity index (χ0n) is 12.4. The molecule has 0 radical (unpaired) electrons. The van der Waals surface area contributed by atoms with Crippen molar-refractivity contribution in [2.45, 2.75) is 44.9 Å². The molecule has 0 atom stereocenters. The first-order valence-electron chi connectivity index (χ1n) is 7.26. The Balaban J connectivity index is 2.10. The van der Waals surface area contributed by atoms with Gasteiger partial charge in [-0.3, -0.25) is 14.9 Å². The molecule has 0 aromatic heterocycles. The van der Waals surface area contributed by atoms with Crippen LogP contribution in [0.2, 0.25) is 0 Å². The summed E-state index contributed by atoms with van der Waals surface area (Å²) in [5, 5.41) is 13.4. The zero-order chi connectivity index (χ0) is 15.7. The molecule has 0 bridgehead atoms. The van der Waals surface area contributed by atoms with E-state index >= 15 is 0 Å². The molecule has 0 aromatic rings. The van der Waals surface area contributed by atoms with Gasteiger partial charge in [0.25, 0.3) is 0 Å². The molecule has 1 fully saturated rings. The number of nitrogens with one attached hydrogen (secondary N) is 2. The third kappa shape index (κ3) is 7.65. The molecule has 1 rings (SSSR count). The second-order valence-electron chi connectivity index (χ2n) is 5.57. The molecule has 0 spiro atoms. The second-order valence-corrected chi connectivity index (χ2v) is 5.57. The number of hydrogen-bond acceptors (Lipinski definition) is 4. The largest absolute Gasteiger partial charge is 0.481 e. The Morgan fingerprint density at radius 1 is 1.19 bits per heavy atom. The van der Waals surface area contributed by atoms with Gasteiger partial charge < -0.3 is 15.2 Å². The van der Waals surface area contributed by atoms with E-state index in [-0.39, 0.29) is 24.2 Å². The van der Waals surface area contributed by atoms with Gasteiger partial charge in [-0.05, 0) is 37.5 Å². The van der Waals surface area contributed by atoms with Gasteiger partial charge in [-0.15, -0.1) is 0 Å². The van der Waals surface area contributed by atoms with Gasteiger partial charge in [0.15, 0.2) is 0 Å². The van der Waals surface area contributed by atoms with Crippen molar-refractivity contribution >= 4 is 17.9 Å². The van der Waals surface area contributed by atoms with Crippen LogP contribution in [0.25, 0.3) is 0 Å². The fourth-order valence-electron chi connectivity index (χ4n) is 2.07. The average Bonchev–Trinajstić information content (AvgIpc) is 3.20.